The summed E-state index contributed by atoms with van der Waals surface area (Å²) >= 11 is 0. The zero-order valence-electron chi connectivity index (χ0n) is 10.2. The number of nitrogens with zero attached hydrogens (tertiary/aromatic N) is 2. The van der Waals surface area contributed by atoms with Crippen LogP contribution in [-0.2, 0) is 6.54 Å². The second kappa shape index (κ2) is 5.98. The maximum Gasteiger partial charge on any atom is 0.250 e. The second-order valence-electron chi connectivity index (χ2n) is 4.76. The third-order valence-corrected chi connectivity index (χ3v) is 3.50. The van der Waals surface area contributed by atoms with E-state index in [1.807, 2.05) is 12.3 Å². The lowest BCUT2D eigenvalue weighted by Crippen LogP contribution is -2.29. The number of hydrogen-bond donors (Lipinski definition) is 1. The molecule has 4 nitrogen and oxygen atoms in total. The minimum absolute atomic E-state index is 0.0882. The lowest BCUT2D eigenvalue weighted by molar-refractivity contribution is 0.306. The average molecular weight is 235 g/mol. The molecule has 2 rings (SSSR count). The molecule has 0 amide bonds. The molecule has 2 N–H and O–H groups in total. The van der Waals surface area contributed by atoms with Crippen molar-refractivity contribution in [1.82, 2.24) is 9.47 Å². The maximum absolute atomic E-state index is 11.5. The van der Waals surface area contributed by atoms with E-state index in [0.29, 0.717) is 0 Å². The largest absolute Gasteiger partial charge is 0.330 e. The van der Waals surface area contributed by atoms with Crippen LogP contribution in [0.1, 0.15) is 12.8 Å². The van der Waals surface area contributed by atoms with Crippen LogP contribution in [0.4, 0.5) is 0 Å². The van der Waals surface area contributed by atoms with Gasteiger partial charge in [0.15, 0.2) is 0 Å². The van der Waals surface area contributed by atoms with Gasteiger partial charge in [-0.2, -0.15) is 0 Å². The van der Waals surface area contributed by atoms with E-state index in [1.165, 1.54) is 6.42 Å². The topological polar surface area (TPSA) is 51.3 Å². The number of rotatable bonds is 5. The molecule has 2 heterocycles. The molecular weight excluding hydrogens is 214 g/mol. The van der Waals surface area contributed by atoms with Crippen molar-refractivity contribution >= 4 is 0 Å². The number of nitrogens with two attached hydrogens (primary N) is 1. The third-order valence-electron chi connectivity index (χ3n) is 3.50. The first kappa shape index (κ1) is 12.3. The molecule has 1 aromatic heterocycles. The minimum atomic E-state index is 0.0882. The monoisotopic (exact) mass is 235 g/mol. The Kier molecular flexibility index (Phi) is 4.34. The highest BCUT2D eigenvalue weighted by Crippen LogP contribution is 2.18. The first-order valence-electron chi connectivity index (χ1n) is 6.37. The molecule has 17 heavy (non-hydrogen) atoms. The Morgan fingerprint density at radius 3 is 3.00 bits per heavy atom. The first-order valence-corrected chi connectivity index (χ1v) is 6.37. The molecule has 94 valence electrons. The normalized spacial score (nSPS) is 20.9. The fourth-order valence-corrected chi connectivity index (χ4v) is 2.48. The van der Waals surface area contributed by atoms with Crippen LogP contribution >= 0.6 is 0 Å². The maximum atomic E-state index is 11.5. The van der Waals surface area contributed by atoms with Crippen molar-refractivity contribution in [2.75, 3.05) is 26.2 Å². The molecule has 0 aromatic carbocycles. The van der Waals surface area contributed by atoms with Gasteiger partial charge in [-0.1, -0.05) is 6.07 Å². The van der Waals surface area contributed by atoms with Crippen molar-refractivity contribution in [3.8, 4) is 0 Å². The van der Waals surface area contributed by atoms with Gasteiger partial charge < -0.3 is 15.2 Å². The van der Waals surface area contributed by atoms with Crippen molar-refractivity contribution in [1.29, 1.82) is 0 Å². The summed E-state index contributed by atoms with van der Waals surface area (Å²) in [5.74, 6) is 0.757. The summed E-state index contributed by atoms with van der Waals surface area (Å²) in [4.78, 5) is 13.9. The van der Waals surface area contributed by atoms with Crippen LogP contribution in [0, 0.1) is 5.92 Å². The molecular formula is C13H21N3O. The van der Waals surface area contributed by atoms with Gasteiger partial charge in [0.2, 0.25) is 0 Å². The lowest BCUT2D eigenvalue weighted by Gasteiger charge is -2.16. The Morgan fingerprint density at radius 2 is 2.24 bits per heavy atom. The van der Waals surface area contributed by atoms with Crippen molar-refractivity contribution in [2.45, 2.75) is 19.4 Å². The van der Waals surface area contributed by atoms with E-state index in [1.54, 1.807) is 16.7 Å². The van der Waals surface area contributed by atoms with E-state index in [4.69, 9.17) is 5.73 Å². The molecule has 0 bridgehead atoms. The molecule has 1 saturated heterocycles. The highest BCUT2D eigenvalue weighted by Gasteiger charge is 2.21. The molecule has 0 spiro atoms. The van der Waals surface area contributed by atoms with Gasteiger partial charge in [-0.25, -0.2) is 0 Å². The molecule has 1 aromatic rings. The van der Waals surface area contributed by atoms with Gasteiger partial charge in [0.1, 0.15) is 0 Å². The molecule has 1 atom stereocenters. The average Bonchev–Trinajstić information content (AvgIpc) is 2.76. The van der Waals surface area contributed by atoms with Crippen molar-refractivity contribution in [3.05, 3.63) is 34.7 Å². The van der Waals surface area contributed by atoms with Gasteiger partial charge in [0, 0.05) is 31.9 Å². The standard InChI is InChI=1S/C13H21N3O/c14-6-4-12-5-8-15(11-12)9-10-16-7-2-1-3-13(16)17/h1-3,7,12H,4-6,8-11,14H2. The number of likely N-dealkylation sites (tertiary alicyclic amines) is 1. The van der Waals surface area contributed by atoms with Gasteiger partial charge in [0.25, 0.3) is 5.56 Å². The molecule has 4 heteroatoms. The van der Waals surface area contributed by atoms with Crippen LogP contribution in [0.25, 0.3) is 0 Å². The zero-order valence-corrected chi connectivity index (χ0v) is 10.2. The molecule has 0 aliphatic carbocycles. The second-order valence-corrected chi connectivity index (χ2v) is 4.76. The predicted octanol–water partition coefficient (Wildman–Crippen LogP) is 0.519. The van der Waals surface area contributed by atoms with Gasteiger partial charge >= 0.3 is 0 Å². The van der Waals surface area contributed by atoms with Crippen LogP contribution in [0.2, 0.25) is 0 Å². The van der Waals surface area contributed by atoms with Crippen LogP contribution in [0.5, 0.6) is 0 Å². The van der Waals surface area contributed by atoms with Gasteiger partial charge in [-0.3, -0.25) is 4.79 Å². The van der Waals surface area contributed by atoms with E-state index in [9.17, 15) is 4.79 Å². The SMILES string of the molecule is NCCC1CCN(CCn2ccccc2=O)C1. The van der Waals surface area contributed by atoms with Gasteiger partial charge in [-0.15, -0.1) is 0 Å². The Balaban J connectivity index is 1.80. The number of pyridine rings is 1. The molecule has 1 aliphatic heterocycles. The van der Waals surface area contributed by atoms with E-state index < -0.39 is 0 Å². The van der Waals surface area contributed by atoms with Crippen LogP contribution < -0.4 is 11.3 Å². The van der Waals surface area contributed by atoms with E-state index in [-0.39, 0.29) is 5.56 Å². The zero-order chi connectivity index (χ0) is 12.1. The Hall–Kier alpha value is -1.13. The third kappa shape index (κ3) is 3.41. The minimum Gasteiger partial charge on any atom is -0.330 e. The molecule has 1 fully saturated rings. The first-order chi connectivity index (χ1) is 8.29. The molecule has 1 unspecified atom stereocenters. The highest BCUT2D eigenvalue weighted by molar-refractivity contribution is 4.93. The Bertz CT molecular complexity index is 402. The summed E-state index contributed by atoms with van der Waals surface area (Å²) < 4.78 is 1.77. The number of hydrogen-bond acceptors (Lipinski definition) is 3. The fourth-order valence-electron chi connectivity index (χ4n) is 2.48. The smallest absolute Gasteiger partial charge is 0.250 e. The molecule has 0 saturated carbocycles. The molecule has 0 radical (unpaired) electrons. The Labute approximate surface area is 102 Å². The summed E-state index contributed by atoms with van der Waals surface area (Å²) in [6, 6.07) is 5.30. The van der Waals surface area contributed by atoms with Gasteiger partial charge in [0.05, 0.1) is 0 Å². The van der Waals surface area contributed by atoms with Crippen LogP contribution in [-0.4, -0.2) is 35.6 Å². The van der Waals surface area contributed by atoms with E-state index in [2.05, 4.69) is 4.90 Å². The van der Waals surface area contributed by atoms with Gasteiger partial charge in [-0.05, 0) is 37.9 Å². The molecule has 1 aliphatic rings. The summed E-state index contributed by atoms with van der Waals surface area (Å²) in [5.41, 5.74) is 5.66. The van der Waals surface area contributed by atoms with Crippen molar-refractivity contribution in [2.24, 2.45) is 11.7 Å². The van der Waals surface area contributed by atoms with Crippen LogP contribution in [0.3, 0.4) is 0 Å². The predicted molar refractivity (Wildman–Crippen MR) is 68.9 cm³/mol. The quantitative estimate of drug-likeness (QED) is 0.809. The Morgan fingerprint density at radius 1 is 1.35 bits per heavy atom. The van der Waals surface area contributed by atoms with E-state index >= 15 is 0 Å². The summed E-state index contributed by atoms with van der Waals surface area (Å²) in [7, 11) is 0. The summed E-state index contributed by atoms with van der Waals surface area (Å²) in [6.45, 7) is 4.82. The highest BCUT2D eigenvalue weighted by atomic mass is 16.1. The summed E-state index contributed by atoms with van der Waals surface area (Å²) in [5, 5.41) is 0. The van der Waals surface area contributed by atoms with Crippen molar-refractivity contribution < 1.29 is 0 Å². The lowest BCUT2D eigenvalue weighted by atomic mass is 10.1. The van der Waals surface area contributed by atoms with E-state index in [0.717, 1.165) is 45.1 Å². The van der Waals surface area contributed by atoms with Crippen LogP contribution in [0.15, 0.2) is 29.2 Å². The summed E-state index contributed by atoms with van der Waals surface area (Å²) in [6.07, 6.45) is 4.23. The fraction of sp³-hybridized carbons (Fsp3) is 0.615. The number of aromatic nitrogens is 1. The van der Waals surface area contributed by atoms with Crippen molar-refractivity contribution in [3.63, 3.8) is 0 Å².